The predicted octanol–water partition coefficient (Wildman–Crippen LogP) is 1.10. The van der Waals surface area contributed by atoms with Crippen LogP contribution in [-0.2, 0) is 25.8 Å². The molecule has 0 saturated carbocycles. The summed E-state index contributed by atoms with van der Waals surface area (Å²) in [6.45, 7) is 1.70. The highest BCUT2D eigenvalue weighted by Gasteiger charge is 2.24. The summed E-state index contributed by atoms with van der Waals surface area (Å²) in [6.07, 6.45) is 2.17. The number of carbonyl (C=O) groups excluding carboxylic acids is 1. The van der Waals surface area contributed by atoms with Crippen molar-refractivity contribution in [3.63, 3.8) is 0 Å². The van der Waals surface area contributed by atoms with E-state index in [-0.39, 0.29) is 12.2 Å². The Bertz CT molecular complexity index is 841. The van der Waals surface area contributed by atoms with Gasteiger partial charge in [-0.3, -0.25) is 4.79 Å². The lowest BCUT2D eigenvalue weighted by atomic mass is 10.1. The third-order valence-corrected chi connectivity index (χ3v) is 5.33. The van der Waals surface area contributed by atoms with Gasteiger partial charge >= 0.3 is 5.97 Å². The highest BCUT2D eigenvalue weighted by Crippen LogP contribution is 2.19. The van der Waals surface area contributed by atoms with Crippen LogP contribution >= 0.6 is 0 Å². The van der Waals surface area contributed by atoms with Crippen LogP contribution in [0.4, 0.5) is 0 Å². The number of hydrogen-bond acceptors (Lipinski definition) is 4. The first-order valence-corrected chi connectivity index (χ1v) is 9.42. The average Bonchev–Trinajstić information content (AvgIpc) is 2.89. The number of aromatic nitrogens is 1. The zero-order chi connectivity index (χ0) is 17.7. The molecule has 0 radical (unpaired) electrons. The Morgan fingerprint density at radius 3 is 2.67 bits per heavy atom. The fourth-order valence-electron chi connectivity index (χ4n) is 2.54. The Kier molecular flexibility index (Phi) is 5.61. The molecule has 2 rings (SSSR count). The molecule has 1 unspecified atom stereocenters. The molecule has 0 aliphatic rings. The Hall–Kier alpha value is -2.35. The zero-order valence-electron chi connectivity index (χ0n) is 13.3. The number of aromatic amines is 1. The molecule has 3 N–H and O–H groups in total. The lowest BCUT2D eigenvalue weighted by Gasteiger charge is -2.14. The number of benzene rings is 1. The molecule has 0 aliphatic carbocycles. The summed E-state index contributed by atoms with van der Waals surface area (Å²) in [5.41, 5.74) is 1.61. The van der Waals surface area contributed by atoms with E-state index in [2.05, 4.69) is 10.3 Å². The van der Waals surface area contributed by atoms with E-state index in [4.69, 9.17) is 0 Å². The number of H-pyrrole nitrogens is 1. The third kappa shape index (κ3) is 4.58. The molecule has 1 heterocycles. The Morgan fingerprint density at radius 1 is 1.29 bits per heavy atom. The van der Waals surface area contributed by atoms with E-state index in [1.54, 1.807) is 13.1 Å². The van der Waals surface area contributed by atoms with Crippen molar-refractivity contribution in [1.82, 2.24) is 10.3 Å². The van der Waals surface area contributed by atoms with Gasteiger partial charge in [-0.2, -0.15) is 0 Å². The summed E-state index contributed by atoms with van der Waals surface area (Å²) in [5.74, 6) is -2.80. The second-order valence-corrected chi connectivity index (χ2v) is 7.80. The SMILES string of the molecule is CCCS(=O)(=O)CC(=O)NC(Cc1c[nH]c2ccccc12)C(=O)O. The van der Waals surface area contributed by atoms with Crippen molar-refractivity contribution in [3.05, 3.63) is 36.0 Å². The topological polar surface area (TPSA) is 116 Å². The van der Waals surface area contributed by atoms with Crippen LogP contribution in [0.2, 0.25) is 0 Å². The molecule has 130 valence electrons. The lowest BCUT2D eigenvalue weighted by molar-refractivity contribution is -0.141. The maximum Gasteiger partial charge on any atom is 0.326 e. The smallest absolute Gasteiger partial charge is 0.326 e. The molecule has 1 amide bonds. The predicted molar refractivity (Wildman–Crippen MR) is 90.5 cm³/mol. The van der Waals surface area contributed by atoms with Crippen molar-refractivity contribution < 1.29 is 23.1 Å². The standard InChI is InChI=1S/C16H20N2O5S/c1-2-7-24(22,23)10-15(19)18-14(16(20)21)8-11-9-17-13-6-4-3-5-12(11)13/h3-6,9,14,17H,2,7-8,10H2,1H3,(H,18,19)(H,20,21). The summed E-state index contributed by atoms with van der Waals surface area (Å²) in [6, 6.07) is 6.23. The van der Waals surface area contributed by atoms with Crippen molar-refractivity contribution in [1.29, 1.82) is 0 Å². The third-order valence-electron chi connectivity index (χ3n) is 3.60. The number of amides is 1. The van der Waals surface area contributed by atoms with Gasteiger partial charge in [-0.1, -0.05) is 25.1 Å². The molecule has 1 aromatic carbocycles. The number of nitrogens with one attached hydrogen (secondary N) is 2. The zero-order valence-corrected chi connectivity index (χ0v) is 14.1. The number of hydrogen-bond donors (Lipinski definition) is 3. The van der Waals surface area contributed by atoms with Crippen molar-refractivity contribution in [2.24, 2.45) is 0 Å². The van der Waals surface area contributed by atoms with Crippen LogP contribution in [0.5, 0.6) is 0 Å². The number of carboxylic acids is 1. The van der Waals surface area contributed by atoms with Gasteiger partial charge in [-0.15, -0.1) is 0 Å². The van der Waals surface area contributed by atoms with E-state index in [0.29, 0.717) is 6.42 Å². The Morgan fingerprint density at radius 2 is 2.00 bits per heavy atom. The van der Waals surface area contributed by atoms with E-state index in [1.165, 1.54) is 0 Å². The Labute approximate surface area is 140 Å². The van der Waals surface area contributed by atoms with Gasteiger partial charge in [0.05, 0.1) is 5.75 Å². The van der Waals surface area contributed by atoms with Crippen molar-refractivity contribution in [3.8, 4) is 0 Å². The van der Waals surface area contributed by atoms with Crippen molar-refractivity contribution in [2.45, 2.75) is 25.8 Å². The van der Waals surface area contributed by atoms with Crippen LogP contribution in [0, 0.1) is 0 Å². The summed E-state index contributed by atoms with van der Waals surface area (Å²) in [5, 5.41) is 12.5. The number of carbonyl (C=O) groups is 2. The first kappa shape index (κ1) is 18.0. The maximum absolute atomic E-state index is 11.9. The summed E-state index contributed by atoms with van der Waals surface area (Å²) in [4.78, 5) is 26.3. The van der Waals surface area contributed by atoms with Crippen LogP contribution in [0.25, 0.3) is 10.9 Å². The van der Waals surface area contributed by atoms with Gasteiger partial charge in [0, 0.05) is 23.5 Å². The molecule has 8 heteroatoms. The van der Waals surface area contributed by atoms with Gasteiger partial charge < -0.3 is 15.4 Å². The van der Waals surface area contributed by atoms with E-state index in [9.17, 15) is 23.1 Å². The first-order valence-electron chi connectivity index (χ1n) is 7.60. The normalized spacial score (nSPS) is 12.9. The van der Waals surface area contributed by atoms with E-state index < -0.39 is 33.5 Å². The molecule has 7 nitrogen and oxygen atoms in total. The average molecular weight is 352 g/mol. The fraction of sp³-hybridized carbons (Fsp3) is 0.375. The highest BCUT2D eigenvalue weighted by molar-refractivity contribution is 7.92. The first-order chi connectivity index (χ1) is 11.3. The van der Waals surface area contributed by atoms with E-state index in [1.807, 2.05) is 24.3 Å². The second kappa shape index (κ2) is 7.48. The molecule has 2 aromatic rings. The number of fused-ring (bicyclic) bond motifs is 1. The van der Waals surface area contributed by atoms with Crippen LogP contribution in [0.15, 0.2) is 30.5 Å². The number of sulfone groups is 1. The van der Waals surface area contributed by atoms with Crippen molar-refractivity contribution >= 4 is 32.6 Å². The molecule has 1 aromatic heterocycles. The number of carboxylic acid groups (broad SMARTS) is 1. The molecule has 1 atom stereocenters. The van der Waals surface area contributed by atoms with Gasteiger partial charge in [0.1, 0.15) is 11.8 Å². The minimum atomic E-state index is -3.51. The molecule has 0 bridgehead atoms. The van der Waals surface area contributed by atoms with Gasteiger partial charge in [-0.25, -0.2) is 13.2 Å². The van der Waals surface area contributed by atoms with Crippen molar-refractivity contribution in [2.75, 3.05) is 11.5 Å². The largest absolute Gasteiger partial charge is 0.480 e. The Balaban J connectivity index is 2.10. The monoisotopic (exact) mass is 352 g/mol. The number of rotatable bonds is 8. The van der Waals surface area contributed by atoms with E-state index in [0.717, 1.165) is 16.5 Å². The van der Waals surface area contributed by atoms with Crippen LogP contribution in [-0.4, -0.2) is 47.9 Å². The minimum absolute atomic E-state index is 0.0684. The summed E-state index contributed by atoms with van der Waals surface area (Å²) >= 11 is 0. The van der Waals surface area contributed by atoms with Crippen LogP contribution in [0.1, 0.15) is 18.9 Å². The fourth-order valence-corrected chi connectivity index (χ4v) is 3.79. The van der Waals surface area contributed by atoms with Crippen LogP contribution < -0.4 is 5.32 Å². The molecular weight excluding hydrogens is 332 g/mol. The molecule has 24 heavy (non-hydrogen) atoms. The molecule has 0 saturated heterocycles. The maximum atomic E-state index is 11.9. The summed E-state index contributed by atoms with van der Waals surface area (Å²) < 4.78 is 23.3. The van der Waals surface area contributed by atoms with Gasteiger partial charge in [-0.05, 0) is 18.1 Å². The number of para-hydroxylation sites is 1. The highest BCUT2D eigenvalue weighted by atomic mass is 32.2. The molecule has 0 aliphatic heterocycles. The molecule has 0 spiro atoms. The second-order valence-electron chi connectivity index (χ2n) is 5.61. The van der Waals surface area contributed by atoms with Gasteiger partial charge in [0.15, 0.2) is 9.84 Å². The van der Waals surface area contributed by atoms with Crippen LogP contribution in [0.3, 0.4) is 0 Å². The summed E-state index contributed by atoms with van der Waals surface area (Å²) in [7, 11) is -3.51. The number of aliphatic carboxylic acids is 1. The minimum Gasteiger partial charge on any atom is -0.480 e. The van der Waals surface area contributed by atoms with Gasteiger partial charge in [0.25, 0.3) is 0 Å². The quantitative estimate of drug-likeness (QED) is 0.658. The van der Waals surface area contributed by atoms with Gasteiger partial charge in [0.2, 0.25) is 5.91 Å². The molecular formula is C16H20N2O5S. The van der Waals surface area contributed by atoms with E-state index >= 15 is 0 Å². The molecule has 0 fully saturated rings. The lowest BCUT2D eigenvalue weighted by Crippen LogP contribution is -2.44.